The normalized spacial score (nSPS) is 19.6. The van der Waals surface area contributed by atoms with E-state index < -0.39 is 0 Å². The van der Waals surface area contributed by atoms with E-state index in [0.29, 0.717) is 17.4 Å². The fraction of sp³-hybridized carbons (Fsp3) is 0.571. The van der Waals surface area contributed by atoms with Gasteiger partial charge < -0.3 is 10.3 Å². The van der Waals surface area contributed by atoms with E-state index in [1.165, 1.54) is 12.8 Å². The summed E-state index contributed by atoms with van der Waals surface area (Å²) in [6.07, 6.45) is 7.15. The number of nitrogens with one attached hydrogen (secondary N) is 1. The number of anilines is 1. The smallest absolute Gasteiger partial charge is 0.257 e. The van der Waals surface area contributed by atoms with E-state index in [0.717, 1.165) is 30.3 Å². The second kappa shape index (κ2) is 7.04. The summed E-state index contributed by atoms with van der Waals surface area (Å²) in [5, 5.41) is 0. The molecule has 2 rings (SSSR count). The molecule has 1 amide bonds. The number of hydrogen-bond donors (Lipinski definition) is 2. The highest BCUT2D eigenvalue weighted by Gasteiger charge is 2.27. The number of carbonyl (C=O) groups excluding carboxylic acids is 1. The summed E-state index contributed by atoms with van der Waals surface area (Å²) in [6.45, 7) is 2.95. The predicted molar refractivity (Wildman–Crippen MR) is 83.3 cm³/mol. The van der Waals surface area contributed by atoms with Crippen LogP contribution >= 0.6 is 15.9 Å². The van der Waals surface area contributed by atoms with Crippen molar-refractivity contribution in [2.24, 2.45) is 5.84 Å². The third-order valence-electron chi connectivity index (χ3n) is 3.83. The van der Waals surface area contributed by atoms with Gasteiger partial charge in [0, 0.05) is 23.3 Å². The van der Waals surface area contributed by atoms with Crippen molar-refractivity contribution in [3.05, 3.63) is 22.3 Å². The Kier molecular flexibility index (Phi) is 5.37. The number of hydrazine groups is 1. The molecular weight excluding hydrogens is 320 g/mol. The molecule has 2 heterocycles. The standard InChI is InChI=1S/C14H21BrN4O/c1-2-11-6-4-3-5-7-19(11)14(20)12-8-10(15)9-17-13(12)18-16/h8-9,11H,2-7,16H2,1H3,(H,17,18). The molecule has 1 aliphatic heterocycles. The third-order valence-corrected chi connectivity index (χ3v) is 4.26. The van der Waals surface area contributed by atoms with Crippen molar-refractivity contribution in [1.29, 1.82) is 0 Å². The van der Waals surface area contributed by atoms with Gasteiger partial charge in [0.25, 0.3) is 5.91 Å². The molecule has 20 heavy (non-hydrogen) atoms. The second-order valence-corrected chi connectivity index (χ2v) is 6.02. The number of hydrogen-bond acceptors (Lipinski definition) is 4. The Morgan fingerprint density at radius 1 is 1.55 bits per heavy atom. The summed E-state index contributed by atoms with van der Waals surface area (Å²) in [4.78, 5) is 19.0. The molecule has 1 aromatic rings. The van der Waals surface area contributed by atoms with Crippen molar-refractivity contribution in [1.82, 2.24) is 9.88 Å². The predicted octanol–water partition coefficient (Wildman–Crippen LogP) is 2.92. The molecule has 1 atom stereocenters. The van der Waals surface area contributed by atoms with Gasteiger partial charge in [-0.2, -0.15) is 0 Å². The summed E-state index contributed by atoms with van der Waals surface area (Å²) >= 11 is 3.36. The number of nitrogens with zero attached hydrogens (tertiary/aromatic N) is 2. The molecule has 3 N–H and O–H groups in total. The fourth-order valence-corrected chi connectivity index (χ4v) is 3.07. The molecule has 0 spiro atoms. The molecule has 0 bridgehead atoms. The summed E-state index contributed by atoms with van der Waals surface area (Å²) in [7, 11) is 0. The number of aromatic nitrogens is 1. The molecular formula is C14H21BrN4O. The van der Waals surface area contributed by atoms with Gasteiger partial charge in [-0.05, 0) is 41.3 Å². The van der Waals surface area contributed by atoms with E-state index in [1.807, 2.05) is 4.90 Å². The Morgan fingerprint density at radius 3 is 3.05 bits per heavy atom. The number of amides is 1. The number of halogens is 1. The van der Waals surface area contributed by atoms with Crippen molar-refractivity contribution in [2.45, 2.75) is 45.1 Å². The largest absolute Gasteiger partial charge is 0.336 e. The zero-order valence-corrected chi connectivity index (χ0v) is 13.3. The Bertz CT molecular complexity index is 480. The topological polar surface area (TPSA) is 71.2 Å². The number of likely N-dealkylation sites (tertiary alicyclic amines) is 1. The van der Waals surface area contributed by atoms with E-state index in [-0.39, 0.29) is 5.91 Å². The quantitative estimate of drug-likeness (QED) is 0.655. The van der Waals surface area contributed by atoms with Gasteiger partial charge in [-0.1, -0.05) is 19.8 Å². The van der Waals surface area contributed by atoms with E-state index in [9.17, 15) is 4.79 Å². The van der Waals surface area contributed by atoms with Crippen molar-refractivity contribution in [3.63, 3.8) is 0 Å². The van der Waals surface area contributed by atoms with Crippen molar-refractivity contribution in [2.75, 3.05) is 12.0 Å². The molecule has 1 aliphatic rings. The molecule has 0 saturated carbocycles. The van der Waals surface area contributed by atoms with E-state index >= 15 is 0 Å². The van der Waals surface area contributed by atoms with E-state index in [2.05, 4.69) is 33.3 Å². The van der Waals surface area contributed by atoms with Gasteiger partial charge in [0.2, 0.25) is 0 Å². The maximum atomic E-state index is 12.8. The molecule has 1 aromatic heterocycles. The number of nitrogens with two attached hydrogens (primary N) is 1. The molecule has 110 valence electrons. The van der Waals surface area contributed by atoms with Crippen LogP contribution in [0.5, 0.6) is 0 Å². The second-order valence-electron chi connectivity index (χ2n) is 5.10. The van der Waals surface area contributed by atoms with E-state index in [4.69, 9.17) is 5.84 Å². The summed E-state index contributed by atoms with van der Waals surface area (Å²) in [5.41, 5.74) is 3.04. The average Bonchev–Trinajstić information content (AvgIpc) is 2.71. The average molecular weight is 341 g/mol. The van der Waals surface area contributed by atoms with Crippen molar-refractivity contribution in [3.8, 4) is 0 Å². The molecule has 1 unspecified atom stereocenters. The minimum atomic E-state index is 0.0144. The van der Waals surface area contributed by atoms with Gasteiger partial charge in [-0.15, -0.1) is 0 Å². The van der Waals surface area contributed by atoms with E-state index in [1.54, 1.807) is 12.3 Å². The van der Waals surface area contributed by atoms with Gasteiger partial charge in [-0.3, -0.25) is 4.79 Å². The lowest BCUT2D eigenvalue weighted by atomic mass is 10.1. The SMILES string of the molecule is CCC1CCCCCN1C(=O)c1cc(Br)cnc1NN. The highest BCUT2D eigenvalue weighted by Crippen LogP contribution is 2.25. The molecule has 0 radical (unpaired) electrons. The highest BCUT2D eigenvalue weighted by atomic mass is 79.9. The zero-order chi connectivity index (χ0) is 14.5. The van der Waals surface area contributed by atoms with Crippen LogP contribution in [-0.4, -0.2) is 28.4 Å². The molecule has 5 nitrogen and oxygen atoms in total. The van der Waals surface area contributed by atoms with Crippen LogP contribution in [0.15, 0.2) is 16.7 Å². The van der Waals surface area contributed by atoms with Crippen LogP contribution in [0.1, 0.15) is 49.4 Å². The van der Waals surface area contributed by atoms with Gasteiger partial charge in [0.1, 0.15) is 0 Å². The van der Waals surface area contributed by atoms with Crippen LogP contribution in [0.4, 0.5) is 5.82 Å². The van der Waals surface area contributed by atoms with Crippen LogP contribution in [0.3, 0.4) is 0 Å². The van der Waals surface area contributed by atoms with Gasteiger partial charge in [-0.25, -0.2) is 10.8 Å². The van der Waals surface area contributed by atoms with Gasteiger partial charge >= 0.3 is 0 Å². The lowest BCUT2D eigenvalue weighted by molar-refractivity contribution is 0.0678. The Morgan fingerprint density at radius 2 is 2.35 bits per heavy atom. The van der Waals surface area contributed by atoms with Crippen LogP contribution in [0, 0.1) is 0 Å². The van der Waals surface area contributed by atoms with Crippen LogP contribution in [0.25, 0.3) is 0 Å². The van der Waals surface area contributed by atoms with Crippen molar-refractivity contribution < 1.29 is 4.79 Å². The lowest BCUT2D eigenvalue weighted by Crippen LogP contribution is -2.40. The Balaban J connectivity index is 2.30. The molecule has 1 fully saturated rings. The maximum absolute atomic E-state index is 12.8. The number of rotatable bonds is 3. The minimum absolute atomic E-state index is 0.0144. The lowest BCUT2D eigenvalue weighted by Gasteiger charge is -2.29. The first kappa shape index (κ1) is 15.3. The zero-order valence-electron chi connectivity index (χ0n) is 11.7. The summed E-state index contributed by atoms with van der Waals surface area (Å²) in [5.74, 6) is 5.91. The molecule has 0 aliphatic carbocycles. The summed E-state index contributed by atoms with van der Waals surface area (Å²) in [6, 6.07) is 2.09. The minimum Gasteiger partial charge on any atom is -0.336 e. The monoisotopic (exact) mass is 340 g/mol. The number of nitrogen functional groups attached to an aromatic ring is 1. The maximum Gasteiger partial charge on any atom is 0.257 e. The van der Waals surface area contributed by atoms with Crippen molar-refractivity contribution >= 4 is 27.7 Å². The first-order valence-corrected chi connectivity index (χ1v) is 7.89. The molecule has 1 saturated heterocycles. The Hall–Kier alpha value is -1.14. The Labute approximate surface area is 128 Å². The summed E-state index contributed by atoms with van der Waals surface area (Å²) < 4.78 is 0.780. The van der Waals surface area contributed by atoms with Crippen LogP contribution < -0.4 is 11.3 Å². The third kappa shape index (κ3) is 3.30. The molecule has 0 aromatic carbocycles. The number of pyridine rings is 1. The highest BCUT2D eigenvalue weighted by molar-refractivity contribution is 9.10. The number of carbonyl (C=O) groups is 1. The molecule has 6 heteroatoms. The van der Waals surface area contributed by atoms with Crippen LogP contribution in [-0.2, 0) is 0 Å². The first-order valence-electron chi connectivity index (χ1n) is 7.10. The van der Waals surface area contributed by atoms with Crippen LogP contribution in [0.2, 0.25) is 0 Å². The first-order chi connectivity index (χ1) is 9.67. The fourth-order valence-electron chi connectivity index (χ4n) is 2.74. The van der Waals surface area contributed by atoms with Gasteiger partial charge in [0.15, 0.2) is 5.82 Å². The van der Waals surface area contributed by atoms with Gasteiger partial charge in [0.05, 0.1) is 5.56 Å².